The Labute approximate surface area is 162 Å². The van der Waals surface area contributed by atoms with Crippen molar-refractivity contribution in [2.24, 2.45) is 0 Å². The lowest BCUT2D eigenvalue weighted by molar-refractivity contribution is 0.0981. The molecule has 1 amide bonds. The fraction of sp³-hybridized carbons (Fsp3) is 0.381. The Balaban J connectivity index is 2.44. The molecule has 0 atom stereocenters. The van der Waals surface area contributed by atoms with E-state index >= 15 is 0 Å². The number of amides is 1. The second-order valence-corrected chi connectivity index (χ2v) is 10.5. The molecule has 2 aromatic rings. The SMILES string of the molecule is CC(C)(C)c1cc(C(=O)NS(=O)(=O)c2ccc(N)cc2)cc(C(C)(C)C)c1. The van der Waals surface area contributed by atoms with Crippen LogP contribution in [-0.2, 0) is 20.9 Å². The first-order chi connectivity index (χ1) is 12.2. The van der Waals surface area contributed by atoms with Gasteiger partial charge in [-0.15, -0.1) is 0 Å². The van der Waals surface area contributed by atoms with Crippen LogP contribution in [-0.4, -0.2) is 14.3 Å². The summed E-state index contributed by atoms with van der Waals surface area (Å²) in [7, 11) is -3.98. The van der Waals surface area contributed by atoms with Crippen LogP contribution < -0.4 is 10.5 Å². The first-order valence-electron chi connectivity index (χ1n) is 8.79. The summed E-state index contributed by atoms with van der Waals surface area (Å²) >= 11 is 0. The molecule has 0 saturated carbocycles. The van der Waals surface area contributed by atoms with E-state index in [-0.39, 0.29) is 15.7 Å². The lowest BCUT2D eigenvalue weighted by atomic mass is 9.79. The zero-order valence-corrected chi connectivity index (χ0v) is 17.6. The van der Waals surface area contributed by atoms with Gasteiger partial charge in [0.15, 0.2) is 0 Å². The van der Waals surface area contributed by atoms with Crippen LogP contribution in [0.4, 0.5) is 5.69 Å². The highest BCUT2D eigenvalue weighted by Gasteiger charge is 2.24. The monoisotopic (exact) mass is 388 g/mol. The van der Waals surface area contributed by atoms with Gasteiger partial charge in [-0.1, -0.05) is 47.6 Å². The van der Waals surface area contributed by atoms with Crippen molar-refractivity contribution >= 4 is 21.6 Å². The lowest BCUT2D eigenvalue weighted by Gasteiger charge is -2.26. The number of anilines is 1. The van der Waals surface area contributed by atoms with Gasteiger partial charge in [0.1, 0.15) is 0 Å². The average molecular weight is 389 g/mol. The largest absolute Gasteiger partial charge is 0.399 e. The van der Waals surface area contributed by atoms with Crippen LogP contribution >= 0.6 is 0 Å². The van der Waals surface area contributed by atoms with E-state index in [0.717, 1.165) is 11.1 Å². The molecule has 0 aromatic heterocycles. The van der Waals surface area contributed by atoms with Crippen LogP contribution in [0.25, 0.3) is 0 Å². The van der Waals surface area contributed by atoms with E-state index < -0.39 is 15.9 Å². The summed E-state index contributed by atoms with van der Waals surface area (Å²) in [6, 6.07) is 11.3. The van der Waals surface area contributed by atoms with Gasteiger partial charge in [0.25, 0.3) is 15.9 Å². The maximum atomic E-state index is 12.7. The summed E-state index contributed by atoms with van der Waals surface area (Å²) in [5, 5.41) is 0. The van der Waals surface area contributed by atoms with Gasteiger partial charge < -0.3 is 5.73 Å². The Kier molecular flexibility index (Phi) is 5.44. The maximum Gasteiger partial charge on any atom is 0.265 e. The highest BCUT2D eigenvalue weighted by Crippen LogP contribution is 2.30. The number of nitrogens with one attached hydrogen (secondary N) is 1. The predicted octanol–water partition coefficient (Wildman–Crippen LogP) is 3.98. The number of hydrogen-bond acceptors (Lipinski definition) is 4. The summed E-state index contributed by atoms with van der Waals surface area (Å²) in [6.07, 6.45) is 0. The van der Waals surface area contributed by atoms with Gasteiger partial charge in [0.2, 0.25) is 0 Å². The molecular weight excluding hydrogens is 360 g/mol. The molecule has 0 radical (unpaired) electrons. The second-order valence-electron chi connectivity index (χ2n) is 8.80. The van der Waals surface area contributed by atoms with E-state index in [1.165, 1.54) is 24.3 Å². The number of nitrogens with two attached hydrogens (primary N) is 1. The fourth-order valence-electron chi connectivity index (χ4n) is 2.51. The topological polar surface area (TPSA) is 89.3 Å². The van der Waals surface area contributed by atoms with Crippen LogP contribution in [0.2, 0.25) is 0 Å². The van der Waals surface area contributed by atoms with Gasteiger partial charge in [-0.05, 0) is 58.4 Å². The summed E-state index contributed by atoms with van der Waals surface area (Å²) in [5.41, 5.74) is 7.98. The van der Waals surface area contributed by atoms with Crippen molar-refractivity contribution in [1.82, 2.24) is 4.72 Å². The third-order valence-electron chi connectivity index (χ3n) is 4.34. The summed E-state index contributed by atoms with van der Waals surface area (Å²) < 4.78 is 27.2. The Morgan fingerprint density at radius 1 is 0.852 bits per heavy atom. The van der Waals surface area contributed by atoms with Gasteiger partial charge in [0.05, 0.1) is 4.90 Å². The lowest BCUT2D eigenvalue weighted by Crippen LogP contribution is -2.31. The minimum Gasteiger partial charge on any atom is -0.399 e. The van der Waals surface area contributed by atoms with Crippen LogP contribution in [0.3, 0.4) is 0 Å². The first-order valence-corrected chi connectivity index (χ1v) is 10.3. The van der Waals surface area contributed by atoms with Gasteiger partial charge in [-0.25, -0.2) is 13.1 Å². The number of carbonyl (C=O) groups is 1. The van der Waals surface area contributed by atoms with Gasteiger partial charge in [0, 0.05) is 11.3 Å². The molecule has 2 aromatic carbocycles. The van der Waals surface area contributed by atoms with Crippen molar-refractivity contribution in [2.75, 3.05) is 5.73 Å². The normalized spacial score (nSPS) is 12.7. The third kappa shape index (κ3) is 5.10. The number of hydrogen-bond donors (Lipinski definition) is 2. The number of sulfonamides is 1. The smallest absolute Gasteiger partial charge is 0.265 e. The molecular formula is C21H28N2O3S. The van der Waals surface area contributed by atoms with E-state index in [1.54, 1.807) is 12.1 Å². The number of rotatable bonds is 3. The van der Waals surface area contributed by atoms with E-state index in [9.17, 15) is 13.2 Å². The van der Waals surface area contributed by atoms with Crippen molar-refractivity contribution in [2.45, 2.75) is 57.3 Å². The zero-order valence-electron chi connectivity index (χ0n) is 16.8. The number of benzene rings is 2. The molecule has 0 saturated heterocycles. The molecule has 0 aliphatic rings. The van der Waals surface area contributed by atoms with Crippen molar-refractivity contribution in [3.05, 3.63) is 59.2 Å². The molecule has 2 rings (SSSR count). The van der Waals surface area contributed by atoms with E-state index in [4.69, 9.17) is 5.73 Å². The van der Waals surface area contributed by atoms with Crippen LogP contribution in [0, 0.1) is 0 Å². The minimum atomic E-state index is -3.98. The molecule has 146 valence electrons. The molecule has 0 spiro atoms. The Morgan fingerprint density at radius 3 is 1.70 bits per heavy atom. The predicted molar refractivity (Wildman–Crippen MR) is 109 cm³/mol. The summed E-state index contributed by atoms with van der Waals surface area (Å²) in [5.74, 6) is -0.650. The highest BCUT2D eigenvalue weighted by molar-refractivity contribution is 7.90. The van der Waals surface area contributed by atoms with E-state index in [1.807, 2.05) is 0 Å². The van der Waals surface area contributed by atoms with Crippen molar-refractivity contribution < 1.29 is 13.2 Å². The fourth-order valence-corrected chi connectivity index (χ4v) is 3.49. The summed E-state index contributed by atoms with van der Waals surface area (Å²) in [6.45, 7) is 12.3. The first kappa shape index (κ1) is 21.0. The van der Waals surface area contributed by atoms with Crippen molar-refractivity contribution in [3.8, 4) is 0 Å². The van der Waals surface area contributed by atoms with Gasteiger partial charge >= 0.3 is 0 Å². The maximum absolute atomic E-state index is 12.7. The van der Waals surface area contributed by atoms with Gasteiger partial charge in [-0.3, -0.25) is 4.79 Å². The molecule has 27 heavy (non-hydrogen) atoms. The van der Waals surface area contributed by atoms with E-state index in [2.05, 4.69) is 52.3 Å². The zero-order chi connectivity index (χ0) is 20.6. The molecule has 6 heteroatoms. The standard InChI is InChI=1S/C21H28N2O3S/c1-20(2,3)15-11-14(12-16(13-15)21(4,5)6)19(24)23-27(25,26)18-9-7-17(22)8-10-18/h7-13H,22H2,1-6H3,(H,23,24). The quantitative estimate of drug-likeness (QED) is 0.778. The molecule has 0 fully saturated rings. The molecule has 0 bridgehead atoms. The van der Waals surface area contributed by atoms with E-state index in [0.29, 0.717) is 11.3 Å². The van der Waals surface area contributed by atoms with Gasteiger partial charge in [-0.2, -0.15) is 0 Å². The molecule has 5 nitrogen and oxygen atoms in total. The van der Waals surface area contributed by atoms with Crippen LogP contribution in [0.15, 0.2) is 47.4 Å². The number of carbonyl (C=O) groups excluding carboxylic acids is 1. The Bertz CT molecular complexity index is 916. The minimum absolute atomic E-state index is 0.00642. The Morgan fingerprint density at radius 2 is 1.30 bits per heavy atom. The molecule has 3 N–H and O–H groups in total. The Hall–Kier alpha value is -2.34. The third-order valence-corrected chi connectivity index (χ3v) is 5.69. The molecule has 0 aliphatic heterocycles. The highest BCUT2D eigenvalue weighted by atomic mass is 32.2. The van der Waals surface area contributed by atoms with Crippen LogP contribution in [0.5, 0.6) is 0 Å². The summed E-state index contributed by atoms with van der Waals surface area (Å²) in [4.78, 5) is 12.7. The molecule has 0 aliphatic carbocycles. The molecule has 0 heterocycles. The van der Waals surface area contributed by atoms with Crippen molar-refractivity contribution in [1.29, 1.82) is 0 Å². The van der Waals surface area contributed by atoms with Crippen LogP contribution in [0.1, 0.15) is 63.0 Å². The number of nitrogen functional groups attached to an aromatic ring is 1. The average Bonchev–Trinajstić information content (AvgIpc) is 2.52. The molecule has 0 unspecified atom stereocenters. The second kappa shape index (κ2) is 7.00. The van der Waals surface area contributed by atoms with Crippen molar-refractivity contribution in [3.63, 3.8) is 0 Å².